The molecule has 0 saturated carbocycles. The Morgan fingerprint density at radius 3 is 2.09 bits per heavy atom. The van der Waals surface area contributed by atoms with Gasteiger partial charge in [0.05, 0.1) is 23.6 Å². The molecule has 4 nitrogen and oxygen atoms in total. The van der Waals surface area contributed by atoms with Crippen molar-refractivity contribution in [1.82, 2.24) is 4.31 Å². The van der Waals surface area contributed by atoms with Gasteiger partial charge in [0, 0.05) is 12.1 Å². The first-order valence-corrected chi connectivity index (χ1v) is 12.2. The highest BCUT2D eigenvalue weighted by atomic mass is 32.2. The topological polar surface area (TPSA) is 46.6 Å². The smallest absolute Gasteiger partial charge is 0.264 e. The molecule has 2 aliphatic heterocycles. The van der Waals surface area contributed by atoms with E-state index < -0.39 is 16.1 Å². The molecule has 3 atom stereocenters. The molecule has 162 valence electrons. The molecule has 0 radical (unpaired) electrons. The quantitative estimate of drug-likeness (QED) is 0.496. The molecular formula is C27H25NO3S. The summed E-state index contributed by atoms with van der Waals surface area (Å²) >= 11 is 0. The Kier molecular flexibility index (Phi) is 5.45. The van der Waals surface area contributed by atoms with Crippen LogP contribution in [0.2, 0.25) is 0 Å². The maximum absolute atomic E-state index is 13.8. The van der Waals surface area contributed by atoms with Crippen LogP contribution < -0.4 is 0 Å². The molecule has 0 aromatic heterocycles. The minimum atomic E-state index is -3.77. The fourth-order valence-corrected chi connectivity index (χ4v) is 5.88. The highest BCUT2D eigenvalue weighted by Crippen LogP contribution is 2.43. The maximum Gasteiger partial charge on any atom is 0.264 e. The van der Waals surface area contributed by atoms with E-state index >= 15 is 0 Å². The van der Waals surface area contributed by atoms with Gasteiger partial charge in [-0.1, -0.05) is 90.5 Å². The number of benzene rings is 3. The lowest BCUT2D eigenvalue weighted by Gasteiger charge is -2.28. The van der Waals surface area contributed by atoms with Crippen LogP contribution in [0.1, 0.15) is 28.8 Å². The van der Waals surface area contributed by atoms with E-state index in [9.17, 15) is 8.42 Å². The van der Waals surface area contributed by atoms with Gasteiger partial charge < -0.3 is 4.74 Å². The molecule has 1 saturated heterocycles. The van der Waals surface area contributed by atoms with Crippen molar-refractivity contribution < 1.29 is 13.2 Å². The fourth-order valence-electron chi connectivity index (χ4n) is 4.39. The lowest BCUT2D eigenvalue weighted by atomic mass is 9.91. The Morgan fingerprint density at radius 2 is 1.44 bits per heavy atom. The largest absolute Gasteiger partial charge is 0.368 e. The maximum atomic E-state index is 13.8. The van der Waals surface area contributed by atoms with Crippen molar-refractivity contribution in [3.8, 4) is 0 Å². The third kappa shape index (κ3) is 3.78. The van der Waals surface area contributed by atoms with Gasteiger partial charge in [0.2, 0.25) is 0 Å². The molecule has 2 aliphatic rings. The molecule has 1 fully saturated rings. The highest BCUT2D eigenvalue weighted by molar-refractivity contribution is 7.89. The summed E-state index contributed by atoms with van der Waals surface area (Å²) in [6, 6.07) is 26.4. The average molecular weight is 444 g/mol. The zero-order valence-electron chi connectivity index (χ0n) is 17.8. The third-order valence-corrected chi connectivity index (χ3v) is 7.87. The zero-order valence-corrected chi connectivity index (χ0v) is 18.7. The van der Waals surface area contributed by atoms with Crippen molar-refractivity contribution in [3.05, 3.63) is 126 Å². The van der Waals surface area contributed by atoms with Crippen LogP contribution in [0.3, 0.4) is 0 Å². The van der Waals surface area contributed by atoms with E-state index in [0.29, 0.717) is 6.61 Å². The fraction of sp³-hybridized carbons (Fsp3) is 0.185. The van der Waals surface area contributed by atoms with E-state index in [2.05, 4.69) is 18.2 Å². The van der Waals surface area contributed by atoms with Crippen LogP contribution >= 0.6 is 0 Å². The van der Waals surface area contributed by atoms with Gasteiger partial charge in [-0.15, -0.1) is 0 Å². The third-order valence-electron chi connectivity index (χ3n) is 6.12. The van der Waals surface area contributed by atoms with Gasteiger partial charge in [0.15, 0.2) is 0 Å². The molecule has 0 N–H and O–H groups in total. The second kappa shape index (κ2) is 8.41. The van der Waals surface area contributed by atoms with Crippen LogP contribution in [0, 0.1) is 12.8 Å². The second-order valence-electron chi connectivity index (χ2n) is 8.26. The number of sulfonamides is 1. The van der Waals surface area contributed by atoms with E-state index in [-0.39, 0.29) is 16.9 Å². The number of nitrogens with zero attached hydrogens (tertiary/aromatic N) is 1. The normalized spacial score (nSPS) is 22.8. The minimum absolute atomic E-state index is 0.0122. The van der Waals surface area contributed by atoms with E-state index in [0.717, 1.165) is 22.3 Å². The van der Waals surface area contributed by atoms with Crippen LogP contribution in [0.4, 0.5) is 0 Å². The summed E-state index contributed by atoms with van der Waals surface area (Å²) in [5, 5.41) is 0. The Balaban J connectivity index is 1.61. The Labute approximate surface area is 189 Å². The van der Waals surface area contributed by atoms with Crippen molar-refractivity contribution in [2.24, 2.45) is 5.92 Å². The number of fused-ring (bicyclic) bond motifs is 1. The Morgan fingerprint density at radius 1 is 0.812 bits per heavy atom. The summed E-state index contributed by atoms with van der Waals surface area (Å²) < 4.78 is 35.2. The summed E-state index contributed by atoms with van der Waals surface area (Å²) in [5.41, 5.74) is 4.00. The van der Waals surface area contributed by atoms with Crippen LogP contribution in [-0.4, -0.2) is 19.3 Å². The molecule has 5 rings (SSSR count). The van der Waals surface area contributed by atoms with Crippen molar-refractivity contribution in [2.45, 2.75) is 24.0 Å². The minimum Gasteiger partial charge on any atom is -0.368 e. The van der Waals surface area contributed by atoms with E-state index in [1.54, 1.807) is 18.3 Å². The number of hydrogen-bond donors (Lipinski definition) is 0. The first-order valence-electron chi connectivity index (χ1n) is 10.7. The molecule has 0 bridgehead atoms. The zero-order chi connectivity index (χ0) is 22.1. The van der Waals surface area contributed by atoms with E-state index in [1.807, 2.05) is 73.7 Å². The van der Waals surface area contributed by atoms with Gasteiger partial charge in [0.1, 0.15) is 0 Å². The predicted octanol–water partition coefficient (Wildman–Crippen LogP) is 5.57. The Hall–Kier alpha value is -3.15. The molecule has 5 heteroatoms. The van der Waals surface area contributed by atoms with Crippen molar-refractivity contribution >= 4 is 10.0 Å². The highest BCUT2D eigenvalue weighted by Gasteiger charge is 2.38. The summed E-state index contributed by atoms with van der Waals surface area (Å²) in [4.78, 5) is 0.284. The van der Waals surface area contributed by atoms with Gasteiger partial charge in [-0.25, -0.2) is 8.42 Å². The predicted molar refractivity (Wildman–Crippen MR) is 125 cm³/mol. The Bertz CT molecular complexity index is 1250. The van der Waals surface area contributed by atoms with Crippen molar-refractivity contribution in [2.75, 3.05) is 6.61 Å². The molecule has 0 amide bonds. The molecule has 0 spiro atoms. The lowest BCUT2D eigenvalue weighted by Crippen LogP contribution is -2.29. The SMILES string of the molecule is Cc1ccc(S(=O)(=O)N2C=C3COC(c4ccccc4)C3C=CC2c2ccccc2)cc1. The summed E-state index contributed by atoms with van der Waals surface area (Å²) in [7, 11) is -3.77. The molecule has 3 aromatic carbocycles. The van der Waals surface area contributed by atoms with Gasteiger partial charge in [-0.05, 0) is 35.8 Å². The second-order valence-corrected chi connectivity index (χ2v) is 10.1. The molecule has 2 heterocycles. The number of rotatable bonds is 4. The number of hydrogen-bond acceptors (Lipinski definition) is 3. The molecule has 3 unspecified atom stereocenters. The monoisotopic (exact) mass is 443 g/mol. The van der Waals surface area contributed by atoms with Crippen molar-refractivity contribution in [1.29, 1.82) is 0 Å². The van der Waals surface area contributed by atoms with E-state index in [4.69, 9.17) is 4.74 Å². The van der Waals surface area contributed by atoms with Crippen LogP contribution in [0.15, 0.2) is 114 Å². The average Bonchev–Trinajstić information content (AvgIpc) is 3.12. The first kappa shape index (κ1) is 20.7. The van der Waals surface area contributed by atoms with Crippen LogP contribution in [0.25, 0.3) is 0 Å². The van der Waals surface area contributed by atoms with Crippen molar-refractivity contribution in [3.63, 3.8) is 0 Å². The number of aryl methyl sites for hydroxylation is 1. The van der Waals surface area contributed by atoms with E-state index in [1.165, 1.54) is 4.31 Å². The van der Waals surface area contributed by atoms with Gasteiger partial charge in [0.25, 0.3) is 10.0 Å². The van der Waals surface area contributed by atoms with Gasteiger partial charge in [-0.2, -0.15) is 0 Å². The molecule has 0 aliphatic carbocycles. The summed E-state index contributed by atoms with van der Waals surface area (Å²) in [5.74, 6) is -0.0122. The lowest BCUT2D eigenvalue weighted by molar-refractivity contribution is 0.100. The van der Waals surface area contributed by atoms with Gasteiger partial charge in [-0.3, -0.25) is 4.31 Å². The van der Waals surface area contributed by atoms with Gasteiger partial charge >= 0.3 is 0 Å². The molecular weight excluding hydrogens is 418 g/mol. The molecule has 3 aromatic rings. The van der Waals surface area contributed by atoms with Crippen LogP contribution in [0.5, 0.6) is 0 Å². The number of ether oxygens (including phenoxy) is 1. The summed E-state index contributed by atoms with van der Waals surface area (Å²) in [6.07, 6.45) is 5.77. The standard InChI is InChI=1S/C27H25NO3S/c1-20-12-14-24(15-13-20)32(29,30)28-18-23-19-31-27(22-10-6-3-7-11-22)25(23)16-17-26(28)21-8-4-2-5-9-21/h2-18,25-27H,19H2,1H3. The molecule has 32 heavy (non-hydrogen) atoms. The first-order chi connectivity index (χ1) is 15.5. The van der Waals surface area contributed by atoms with Crippen LogP contribution in [-0.2, 0) is 14.8 Å². The summed E-state index contributed by atoms with van der Waals surface area (Å²) in [6.45, 7) is 2.35.